The Balaban J connectivity index is 3.31. The molecule has 0 aliphatic rings. The minimum Gasteiger partial charge on any atom is -0.466 e. The molecule has 0 aliphatic carbocycles. The normalized spacial score (nSPS) is 10.9. The first kappa shape index (κ1) is 23.9. The van der Waals surface area contributed by atoms with Gasteiger partial charge in [0.25, 0.3) is 0 Å². The molecule has 0 unspecified atom stereocenters. The van der Waals surface area contributed by atoms with Crippen LogP contribution in [-0.2, 0) is 19.1 Å². The summed E-state index contributed by atoms with van der Waals surface area (Å²) in [6, 6.07) is 0. The molecule has 0 bridgehead atoms. The topological polar surface area (TPSA) is 52.6 Å². The lowest BCUT2D eigenvalue weighted by Crippen LogP contribution is -2.12. The van der Waals surface area contributed by atoms with Crippen molar-refractivity contribution in [3.63, 3.8) is 0 Å². The van der Waals surface area contributed by atoms with Gasteiger partial charge in [-0.1, -0.05) is 78.6 Å². The molecule has 0 atom stereocenters. The van der Waals surface area contributed by atoms with Crippen LogP contribution in [-0.4, -0.2) is 25.2 Å². The molecular formula is C21H40O4. The Hall–Kier alpha value is -1.06. The van der Waals surface area contributed by atoms with Crippen LogP contribution in [0.15, 0.2) is 0 Å². The Labute approximate surface area is 155 Å². The molecule has 0 fully saturated rings. The fourth-order valence-corrected chi connectivity index (χ4v) is 2.53. The minimum absolute atomic E-state index is 0.120. The van der Waals surface area contributed by atoms with Crippen LogP contribution in [0.2, 0.25) is 0 Å². The van der Waals surface area contributed by atoms with Crippen LogP contribution in [0.1, 0.15) is 104 Å². The molecule has 25 heavy (non-hydrogen) atoms. The molecular weight excluding hydrogens is 316 g/mol. The minimum atomic E-state index is -0.309. The Bertz CT molecular complexity index is 326. The average Bonchev–Trinajstić information content (AvgIpc) is 2.57. The summed E-state index contributed by atoms with van der Waals surface area (Å²) in [6.07, 6.45) is 13.7. The number of esters is 2. The largest absolute Gasteiger partial charge is 0.466 e. The van der Waals surface area contributed by atoms with E-state index in [1.807, 2.05) is 0 Å². The van der Waals surface area contributed by atoms with Crippen molar-refractivity contribution in [1.82, 2.24) is 0 Å². The van der Waals surface area contributed by atoms with Gasteiger partial charge in [0.05, 0.1) is 26.1 Å². The number of ether oxygens (including phenoxy) is 2. The highest BCUT2D eigenvalue weighted by molar-refractivity contribution is 5.77. The van der Waals surface area contributed by atoms with Crippen LogP contribution in [0, 0.1) is 5.92 Å². The summed E-state index contributed by atoms with van der Waals surface area (Å²) in [5, 5.41) is 0. The van der Waals surface area contributed by atoms with E-state index >= 15 is 0 Å². The highest BCUT2D eigenvalue weighted by Crippen LogP contribution is 2.10. The molecule has 0 aromatic heterocycles. The van der Waals surface area contributed by atoms with E-state index < -0.39 is 0 Å². The molecule has 0 aromatic rings. The quantitative estimate of drug-likeness (QED) is 0.243. The number of rotatable bonds is 17. The van der Waals surface area contributed by atoms with Gasteiger partial charge in [-0.3, -0.25) is 9.59 Å². The van der Waals surface area contributed by atoms with Crippen molar-refractivity contribution in [2.45, 2.75) is 104 Å². The second kappa shape index (κ2) is 17.8. The smallest absolute Gasteiger partial charge is 0.306 e. The molecule has 0 saturated carbocycles. The highest BCUT2D eigenvalue weighted by Gasteiger charge is 2.09. The SMILES string of the molecule is CCCCCCCCCCCCOC(=O)CCC(=O)OCCC(C)C. The van der Waals surface area contributed by atoms with Crippen LogP contribution in [0.4, 0.5) is 0 Å². The molecule has 148 valence electrons. The van der Waals surface area contributed by atoms with Gasteiger partial charge in [0.15, 0.2) is 0 Å². The van der Waals surface area contributed by atoms with E-state index in [1.165, 1.54) is 51.4 Å². The fourth-order valence-electron chi connectivity index (χ4n) is 2.53. The van der Waals surface area contributed by atoms with E-state index in [2.05, 4.69) is 20.8 Å². The van der Waals surface area contributed by atoms with Crippen molar-refractivity contribution >= 4 is 11.9 Å². The van der Waals surface area contributed by atoms with Gasteiger partial charge >= 0.3 is 11.9 Å². The summed E-state index contributed by atoms with van der Waals surface area (Å²) in [6.45, 7) is 7.31. The van der Waals surface area contributed by atoms with Gasteiger partial charge in [0.1, 0.15) is 0 Å². The van der Waals surface area contributed by atoms with Gasteiger partial charge in [-0.15, -0.1) is 0 Å². The first-order valence-electron chi connectivity index (χ1n) is 10.4. The molecule has 0 rings (SSSR count). The van der Waals surface area contributed by atoms with Crippen molar-refractivity contribution in [3.8, 4) is 0 Å². The fraction of sp³-hybridized carbons (Fsp3) is 0.905. The summed E-state index contributed by atoms with van der Waals surface area (Å²) in [4.78, 5) is 23.0. The summed E-state index contributed by atoms with van der Waals surface area (Å²) in [5.41, 5.74) is 0. The van der Waals surface area contributed by atoms with Gasteiger partial charge in [-0.25, -0.2) is 0 Å². The summed E-state index contributed by atoms with van der Waals surface area (Å²) in [5.74, 6) is -0.0907. The van der Waals surface area contributed by atoms with Crippen LogP contribution in [0.25, 0.3) is 0 Å². The molecule has 0 N–H and O–H groups in total. The second-order valence-corrected chi connectivity index (χ2v) is 7.31. The number of carbonyl (C=O) groups is 2. The highest BCUT2D eigenvalue weighted by atomic mass is 16.5. The zero-order valence-electron chi connectivity index (χ0n) is 16.8. The Morgan fingerprint density at radius 2 is 1.12 bits per heavy atom. The van der Waals surface area contributed by atoms with Gasteiger partial charge in [0.2, 0.25) is 0 Å². The van der Waals surface area contributed by atoms with Crippen molar-refractivity contribution in [3.05, 3.63) is 0 Å². The lowest BCUT2D eigenvalue weighted by atomic mass is 10.1. The van der Waals surface area contributed by atoms with E-state index in [1.54, 1.807) is 0 Å². The monoisotopic (exact) mass is 356 g/mol. The van der Waals surface area contributed by atoms with Crippen LogP contribution in [0.5, 0.6) is 0 Å². The summed E-state index contributed by atoms with van der Waals surface area (Å²) in [7, 11) is 0. The maximum absolute atomic E-state index is 11.6. The first-order valence-corrected chi connectivity index (χ1v) is 10.4. The standard InChI is InChI=1S/C21H40O4/c1-4-5-6-7-8-9-10-11-12-13-17-24-20(22)14-15-21(23)25-18-16-19(2)3/h19H,4-18H2,1-3H3. The van der Waals surface area contributed by atoms with E-state index in [4.69, 9.17) is 9.47 Å². The molecule has 0 saturated heterocycles. The molecule has 0 spiro atoms. The molecule has 0 radical (unpaired) electrons. The molecule has 0 aromatic carbocycles. The predicted octanol–water partition coefficient (Wildman–Crippen LogP) is 5.82. The predicted molar refractivity (Wildman–Crippen MR) is 102 cm³/mol. The van der Waals surface area contributed by atoms with Crippen molar-refractivity contribution < 1.29 is 19.1 Å². The van der Waals surface area contributed by atoms with Crippen molar-refractivity contribution in [2.24, 2.45) is 5.92 Å². The van der Waals surface area contributed by atoms with Gasteiger partial charge in [0, 0.05) is 0 Å². The third kappa shape index (κ3) is 19.1. The van der Waals surface area contributed by atoms with Crippen LogP contribution in [0.3, 0.4) is 0 Å². The first-order chi connectivity index (χ1) is 12.1. The Kier molecular flexibility index (Phi) is 17.0. The lowest BCUT2D eigenvalue weighted by Gasteiger charge is -2.07. The third-order valence-electron chi connectivity index (χ3n) is 4.25. The van der Waals surface area contributed by atoms with E-state index in [0.717, 1.165) is 19.3 Å². The van der Waals surface area contributed by atoms with Crippen LogP contribution < -0.4 is 0 Å². The van der Waals surface area contributed by atoms with Gasteiger partial charge in [-0.05, 0) is 18.8 Å². The zero-order chi connectivity index (χ0) is 18.8. The van der Waals surface area contributed by atoms with Gasteiger partial charge < -0.3 is 9.47 Å². The molecule has 0 amide bonds. The van der Waals surface area contributed by atoms with Gasteiger partial charge in [-0.2, -0.15) is 0 Å². The van der Waals surface area contributed by atoms with Crippen molar-refractivity contribution in [2.75, 3.05) is 13.2 Å². The second-order valence-electron chi connectivity index (χ2n) is 7.31. The van der Waals surface area contributed by atoms with E-state index in [9.17, 15) is 9.59 Å². The molecule has 4 heteroatoms. The van der Waals surface area contributed by atoms with E-state index in [-0.39, 0.29) is 24.8 Å². The van der Waals surface area contributed by atoms with Crippen LogP contribution >= 0.6 is 0 Å². The van der Waals surface area contributed by atoms with Crippen molar-refractivity contribution in [1.29, 1.82) is 0 Å². The maximum atomic E-state index is 11.6. The lowest BCUT2D eigenvalue weighted by molar-refractivity contribution is -0.150. The Morgan fingerprint density at radius 3 is 1.60 bits per heavy atom. The Morgan fingerprint density at radius 1 is 0.680 bits per heavy atom. The zero-order valence-corrected chi connectivity index (χ0v) is 16.8. The summed E-state index contributed by atoms with van der Waals surface area (Å²) >= 11 is 0. The summed E-state index contributed by atoms with van der Waals surface area (Å²) < 4.78 is 10.2. The number of carbonyl (C=O) groups excluding carboxylic acids is 2. The average molecular weight is 357 g/mol. The maximum Gasteiger partial charge on any atom is 0.306 e. The number of hydrogen-bond acceptors (Lipinski definition) is 4. The number of hydrogen-bond donors (Lipinski definition) is 0. The third-order valence-corrected chi connectivity index (χ3v) is 4.25. The number of unbranched alkanes of at least 4 members (excludes halogenated alkanes) is 9. The molecule has 0 aliphatic heterocycles. The molecule has 0 heterocycles. The van der Waals surface area contributed by atoms with E-state index in [0.29, 0.717) is 19.1 Å². The molecule has 4 nitrogen and oxygen atoms in total.